The van der Waals surface area contributed by atoms with Gasteiger partial charge >= 0.3 is 0 Å². The molecule has 0 rings (SSSR count). The van der Waals surface area contributed by atoms with E-state index in [9.17, 15) is 0 Å². The van der Waals surface area contributed by atoms with Crippen LogP contribution in [-0.2, 0) is 4.74 Å². The average Bonchev–Trinajstić information content (AvgIpc) is 1.99. The number of hydrogen-bond donors (Lipinski definition) is 1. The van der Waals surface area contributed by atoms with Gasteiger partial charge in [0.25, 0.3) is 0 Å². The van der Waals surface area contributed by atoms with E-state index in [-0.39, 0.29) is 6.10 Å². The maximum Gasteiger partial charge on any atom is 0.0973 e. The molecule has 2 nitrogen and oxygen atoms in total. The van der Waals surface area contributed by atoms with Crippen molar-refractivity contribution >= 4 is 6.21 Å². The Balaban J connectivity index is 3.77. The first-order valence-electron chi connectivity index (χ1n) is 3.90. The quantitative estimate of drug-likeness (QED) is 0.491. The molecule has 1 unspecified atom stereocenters. The van der Waals surface area contributed by atoms with Crippen LogP contribution in [0.25, 0.3) is 0 Å². The van der Waals surface area contributed by atoms with Crippen molar-refractivity contribution in [3.05, 3.63) is 11.8 Å². The van der Waals surface area contributed by atoms with Crippen molar-refractivity contribution in [2.24, 2.45) is 5.92 Å². The van der Waals surface area contributed by atoms with Crippen molar-refractivity contribution in [2.75, 3.05) is 0 Å². The first-order chi connectivity index (χ1) is 5.07. The third-order valence-corrected chi connectivity index (χ3v) is 1.64. The van der Waals surface area contributed by atoms with Crippen molar-refractivity contribution in [1.29, 1.82) is 5.41 Å². The minimum absolute atomic E-state index is 0.227. The lowest BCUT2D eigenvalue weighted by Crippen LogP contribution is -2.12. The van der Waals surface area contributed by atoms with Gasteiger partial charge in [-0.3, -0.25) is 0 Å². The summed E-state index contributed by atoms with van der Waals surface area (Å²) in [5, 5.41) is 6.89. The zero-order chi connectivity index (χ0) is 8.85. The van der Waals surface area contributed by atoms with Gasteiger partial charge in [-0.1, -0.05) is 13.8 Å². The van der Waals surface area contributed by atoms with Crippen LogP contribution in [0.4, 0.5) is 0 Å². The Morgan fingerprint density at radius 1 is 1.36 bits per heavy atom. The van der Waals surface area contributed by atoms with Gasteiger partial charge in [0.1, 0.15) is 0 Å². The molecule has 0 radical (unpaired) electrons. The second-order valence-electron chi connectivity index (χ2n) is 3.09. The van der Waals surface area contributed by atoms with Gasteiger partial charge in [0, 0.05) is 11.8 Å². The molecule has 0 aliphatic carbocycles. The zero-order valence-corrected chi connectivity index (χ0v) is 7.72. The van der Waals surface area contributed by atoms with E-state index in [0.717, 1.165) is 5.57 Å². The summed E-state index contributed by atoms with van der Waals surface area (Å²) < 4.78 is 5.34. The number of hydrogen-bond acceptors (Lipinski definition) is 2. The van der Waals surface area contributed by atoms with E-state index in [1.54, 1.807) is 6.26 Å². The molecule has 0 saturated heterocycles. The maximum atomic E-state index is 6.89. The molecular weight excluding hydrogens is 138 g/mol. The molecule has 0 amide bonds. The molecule has 0 aliphatic heterocycles. The Morgan fingerprint density at radius 2 is 1.91 bits per heavy atom. The SMILES string of the molecule is CC(C=N)=COC(C)C(C)C. The molecule has 2 heteroatoms. The molecule has 0 saturated carbocycles. The summed E-state index contributed by atoms with van der Waals surface area (Å²) in [6.07, 6.45) is 3.15. The summed E-state index contributed by atoms with van der Waals surface area (Å²) in [6, 6.07) is 0. The van der Waals surface area contributed by atoms with Crippen LogP contribution in [0.5, 0.6) is 0 Å². The van der Waals surface area contributed by atoms with Crippen molar-refractivity contribution in [1.82, 2.24) is 0 Å². The molecule has 0 fully saturated rings. The van der Waals surface area contributed by atoms with Crippen LogP contribution >= 0.6 is 0 Å². The van der Waals surface area contributed by atoms with Crippen LogP contribution in [0.2, 0.25) is 0 Å². The molecule has 0 aliphatic rings. The van der Waals surface area contributed by atoms with E-state index in [0.29, 0.717) is 5.92 Å². The normalized spacial score (nSPS) is 14.8. The average molecular weight is 155 g/mol. The van der Waals surface area contributed by atoms with Gasteiger partial charge in [-0.25, -0.2) is 0 Å². The highest BCUT2D eigenvalue weighted by Gasteiger charge is 2.04. The first-order valence-corrected chi connectivity index (χ1v) is 3.90. The van der Waals surface area contributed by atoms with Gasteiger partial charge in [-0.15, -0.1) is 0 Å². The highest BCUT2D eigenvalue weighted by molar-refractivity contribution is 5.74. The van der Waals surface area contributed by atoms with Gasteiger partial charge in [0.05, 0.1) is 12.4 Å². The van der Waals surface area contributed by atoms with Crippen LogP contribution in [0, 0.1) is 11.3 Å². The third-order valence-electron chi connectivity index (χ3n) is 1.64. The molecule has 0 heterocycles. The van der Waals surface area contributed by atoms with E-state index in [2.05, 4.69) is 13.8 Å². The lowest BCUT2D eigenvalue weighted by Gasteiger charge is -2.14. The number of nitrogens with one attached hydrogen (secondary N) is 1. The minimum atomic E-state index is 0.227. The fourth-order valence-electron chi connectivity index (χ4n) is 0.406. The van der Waals surface area contributed by atoms with E-state index in [1.165, 1.54) is 6.21 Å². The smallest absolute Gasteiger partial charge is 0.0973 e. The predicted molar refractivity (Wildman–Crippen MR) is 47.9 cm³/mol. The monoisotopic (exact) mass is 155 g/mol. The summed E-state index contributed by atoms with van der Waals surface area (Å²) >= 11 is 0. The van der Waals surface area contributed by atoms with Crippen LogP contribution in [0.15, 0.2) is 11.8 Å². The van der Waals surface area contributed by atoms with Crippen LogP contribution in [0.1, 0.15) is 27.7 Å². The van der Waals surface area contributed by atoms with Crippen molar-refractivity contribution in [3.8, 4) is 0 Å². The molecule has 0 aromatic heterocycles. The van der Waals surface area contributed by atoms with Crippen LogP contribution < -0.4 is 0 Å². The number of ether oxygens (including phenoxy) is 1. The Bertz CT molecular complexity index is 150. The topological polar surface area (TPSA) is 33.1 Å². The number of allylic oxidation sites excluding steroid dienone is 1. The van der Waals surface area contributed by atoms with Gasteiger partial charge in [0.15, 0.2) is 0 Å². The molecule has 0 aromatic rings. The predicted octanol–water partition coefficient (Wildman–Crippen LogP) is 2.60. The third kappa shape index (κ3) is 4.59. The molecule has 0 spiro atoms. The summed E-state index contributed by atoms with van der Waals surface area (Å²) in [7, 11) is 0. The molecule has 1 N–H and O–H groups in total. The Morgan fingerprint density at radius 3 is 2.27 bits per heavy atom. The second kappa shape index (κ2) is 4.94. The molecule has 64 valence electrons. The zero-order valence-electron chi connectivity index (χ0n) is 7.72. The lowest BCUT2D eigenvalue weighted by molar-refractivity contribution is 0.117. The van der Waals surface area contributed by atoms with Crippen molar-refractivity contribution in [2.45, 2.75) is 33.8 Å². The summed E-state index contributed by atoms with van der Waals surface area (Å²) in [4.78, 5) is 0. The van der Waals surface area contributed by atoms with Gasteiger partial charge in [-0.05, 0) is 19.8 Å². The first kappa shape index (κ1) is 10.2. The lowest BCUT2D eigenvalue weighted by atomic mass is 10.1. The van der Waals surface area contributed by atoms with E-state index >= 15 is 0 Å². The summed E-state index contributed by atoms with van der Waals surface area (Å²) in [5.41, 5.74) is 0.845. The van der Waals surface area contributed by atoms with Gasteiger partial charge in [0.2, 0.25) is 0 Å². The Labute approximate surface area is 68.8 Å². The summed E-state index contributed by atoms with van der Waals surface area (Å²) in [6.45, 7) is 8.09. The second-order valence-corrected chi connectivity index (χ2v) is 3.09. The molecular formula is C9H17NO. The summed E-state index contributed by atoms with van der Waals surface area (Å²) in [5.74, 6) is 0.518. The molecule has 11 heavy (non-hydrogen) atoms. The maximum absolute atomic E-state index is 6.89. The van der Waals surface area contributed by atoms with E-state index < -0.39 is 0 Å². The highest BCUT2D eigenvalue weighted by Crippen LogP contribution is 2.06. The van der Waals surface area contributed by atoms with Gasteiger partial charge in [-0.2, -0.15) is 0 Å². The van der Waals surface area contributed by atoms with Crippen LogP contribution in [-0.4, -0.2) is 12.3 Å². The highest BCUT2D eigenvalue weighted by atomic mass is 16.5. The van der Waals surface area contributed by atoms with Crippen molar-refractivity contribution in [3.63, 3.8) is 0 Å². The van der Waals surface area contributed by atoms with Crippen LogP contribution in [0.3, 0.4) is 0 Å². The largest absolute Gasteiger partial charge is 0.498 e. The minimum Gasteiger partial charge on any atom is -0.498 e. The standard InChI is InChI=1S/C9H17NO/c1-7(2)9(4)11-6-8(3)5-10/h5-7,9-10H,1-4H3. The Hall–Kier alpha value is -0.790. The number of rotatable bonds is 4. The Kier molecular flexibility index (Phi) is 4.59. The fourth-order valence-corrected chi connectivity index (χ4v) is 0.406. The molecule has 0 bridgehead atoms. The fraction of sp³-hybridized carbons (Fsp3) is 0.667. The van der Waals surface area contributed by atoms with Gasteiger partial charge < -0.3 is 10.1 Å². The van der Waals surface area contributed by atoms with E-state index in [1.807, 2.05) is 13.8 Å². The van der Waals surface area contributed by atoms with Crippen molar-refractivity contribution < 1.29 is 4.74 Å². The van der Waals surface area contributed by atoms with E-state index in [4.69, 9.17) is 10.1 Å². The molecule has 0 aromatic carbocycles. The molecule has 1 atom stereocenters.